The minimum atomic E-state index is -0.191. The van der Waals surface area contributed by atoms with Crippen molar-refractivity contribution in [2.45, 2.75) is 25.2 Å². The Morgan fingerprint density at radius 1 is 1.19 bits per heavy atom. The summed E-state index contributed by atoms with van der Waals surface area (Å²) in [5, 5.41) is 15.1. The largest absolute Gasteiger partial charge is 0.345 e. The Hall–Kier alpha value is -3.10. The van der Waals surface area contributed by atoms with Gasteiger partial charge in [0.05, 0.1) is 12.3 Å². The molecule has 1 heterocycles. The van der Waals surface area contributed by atoms with Crippen molar-refractivity contribution in [3.05, 3.63) is 83.2 Å². The van der Waals surface area contributed by atoms with E-state index in [2.05, 4.69) is 27.4 Å². The van der Waals surface area contributed by atoms with E-state index < -0.39 is 0 Å². The van der Waals surface area contributed by atoms with Crippen LogP contribution in [-0.2, 0) is 17.9 Å². The lowest BCUT2D eigenvalue weighted by Gasteiger charge is -2.09. The van der Waals surface area contributed by atoms with E-state index in [4.69, 9.17) is 11.6 Å². The molecule has 9 heteroatoms. The molecule has 0 fully saturated rings. The third-order valence-electron chi connectivity index (χ3n) is 4.27. The SMILES string of the molecule is C=CCn1c(CNC(=O)c2ccc(C)cc2)nnc1SCC(=O)Nc1cccc(Cl)c1. The van der Waals surface area contributed by atoms with E-state index >= 15 is 0 Å². The molecule has 0 aliphatic rings. The zero-order valence-corrected chi connectivity index (χ0v) is 18.5. The van der Waals surface area contributed by atoms with Crippen LogP contribution in [0.15, 0.2) is 66.3 Å². The fraction of sp³-hybridized carbons (Fsp3) is 0.182. The molecule has 0 bridgehead atoms. The van der Waals surface area contributed by atoms with Gasteiger partial charge in [-0.2, -0.15) is 0 Å². The van der Waals surface area contributed by atoms with Crippen molar-refractivity contribution in [3.8, 4) is 0 Å². The molecule has 3 aromatic rings. The van der Waals surface area contributed by atoms with Crippen LogP contribution in [0, 0.1) is 6.92 Å². The highest BCUT2D eigenvalue weighted by molar-refractivity contribution is 7.99. The van der Waals surface area contributed by atoms with E-state index in [0.717, 1.165) is 5.56 Å². The lowest BCUT2D eigenvalue weighted by molar-refractivity contribution is -0.113. The number of nitrogens with one attached hydrogen (secondary N) is 2. The normalized spacial score (nSPS) is 10.5. The summed E-state index contributed by atoms with van der Waals surface area (Å²) < 4.78 is 1.82. The lowest BCUT2D eigenvalue weighted by Crippen LogP contribution is -2.24. The maximum absolute atomic E-state index is 12.4. The molecular weight excluding hydrogens is 434 g/mol. The first-order valence-corrected chi connectivity index (χ1v) is 10.9. The minimum absolute atomic E-state index is 0.150. The first-order chi connectivity index (χ1) is 15.0. The Kier molecular flexibility index (Phi) is 7.86. The molecule has 0 atom stereocenters. The van der Waals surface area contributed by atoms with Crippen LogP contribution in [-0.4, -0.2) is 32.3 Å². The van der Waals surface area contributed by atoms with Gasteiger partial charge in [0.15, 0.2) is 11.0 Å². The van der Waals surface area contributed by atoms with E-state index in [-0.39, 0.29) is 24.1 Å². The van der Waals surface area contributed by atoms with Gasteiger partial charge in [0.25, 0.3) is 5.91 Å². The molecule has 160 valence electrons. The average molecular weight is 456 g/mol. The van der Waals surface area contributed by atoms with Crippen LogP contribution in [0.3, 0.4) is 0 Å². The smallest absolute Gasteiger partial charge is 0.251 e. The Bertz CT molecular complexity index is 1080. The third-order valence-corrected chi connectivity index (χ3v) is 5.47. The zero-order chi connectivity index (χ0) is 22.2. The number of carbonyl (C=O) groups excluding carboxylic acids is 2. The molecule has 0 spiro atoms. The van der Waals surface area contributed by atoms with Crippen molar-refractivity contribution in [3.63, 3.8) is 0 Å². The summed E-state index contributed by atoms with van der Waals surface area (Å²) in [5.74, 6) is 0.355. The lowest BCUT2D eigenvalue weighted by atomic mass is 10.1. The van der Waals surface area contributed by atoms with E-state index in [0.29, 0.717) is 33.8 Å². The second-order valence-electron chi connectivity index (χ2n) is 6.69. The maximum Gasteiger partial charge on any atom is 0.251 e. The van der Waals surface area contributed by atoms with Crippen molar-refractivity contribution in [1.29, 1.82) is 0 Å². The molecule has 2 aromatic carbocycles. The summed E-state index contributed by atoms with van der Waals surface area (Å²) in [4.78, 5) is 24.6. The molecule has 31 heavy (non-hydrogen) atoms. The number of hydrogen-bond donors (Lipinski definition) is 2. The van der Waals surface area contributed by atoms with Gasteiger partial charge >= 0.3 is 0 Å². The topological polar surface area (TPSA) is 88.9 Å². The van der Waals surface area contributed by atoms with Gasteiger partial charge in [-0.3, -0.25) is 9.59 Å². The average Bonchev–Trinajstić information content (AvgIpc) is 3.13. The van der Waals surface area contributed by atoms with Crippen molar-refractivity contribution in [1.82, 2.24) is 20.1 Å². The van der Waals surface area contributed by atoms with Crippen LogP contribution in [0.2, 0.25) is 5.02 Å². The molecule has 3 rings (SSSR count). The number of anilines is 1. The number of aryl methyl sites for hydroxylation is 1. The first kappa shape index (κ1) is 22.6. The number of rotatable bonds is 9. The monoisotopic (exact) mass is 455 g/mol. The molecule has 7 nitrogen and oxygen atoms in total. The van der Waals surface area contributed by atoms with Crippen LogP contribution >= 0.6 is 23.4 Å². The summed E-state index contributed by atoms with van der Waals surface area (Å²) in [6.07, 6.45) is 1.71. The Labute approximate surface area is 189 Å². The van der Waals surface area contributed by atoms with Crippen LogP contribution < -0.4 is 10.6 Å². The number of allylic oxidation sites excluding steroid dienone is 1. The number of amides is 2. The molecule has 2 amide bonds. The van der Waals surface area contributed by atoms with E-state index in [1.165, 1.54) is 11.8 Å². The van der Waals surface area contributed by atoms with Gasteiger partial charge in [0, 0.05) is 22.8 Å². The van der Waals surface area contributed by atoms with Crippen LogP contribution in [0.25, 0.3) is 0 Å². The number of benzene rings is 2. The zero-order valence-electron chi connectivity index (χ0n) is 17.0. The number of halogens is 1. The fourth-order valence-corrected chi connectivity index (χ4v) is 3.69. The highest BCUT2D eigenvalue weighted by Crippen LogP contribution is 2.19. The predicted octanol–water partition coefficient (Wildman–Crippen LogP) is 4.09. The molecule has 0 unspecified atom stereocenters. The predicted molar refractivity (Wildman–Crippen MR) is 123 cm³/mol. The number of carbonyl (C=O) groups is 2. The van der Waals surface area contributed by atoms with Crippen molar-refractivity contribution >= 4 is 40.9 Å². The Morgan fingerprint density at radius 3 is 2.68 bits per heavy atom. The van der Waals surface area contributed by atoms with E-state index in [1.807, 2.05) is 23.6 Å². The third kappa shape index (κ3) is 6.44. The summed E-state index contributed by atoms with van der Waals surface area (Å²) in [6.45, 7) is 6.40. The van der Waals surface area contributed by atoms with E-state index in [1.54, 1.807) is 42.5 Å². The van der Waals surface area contributed by atoms with Gasteiger partial charge in [-0.05, 0) is 37.3 Å². The van der Waals surface area contributed by atoms with Crippen LogP contribution in [0.4, 0.5) is 5.69 Å². The van der Waals surface area contributed by atoms with Gasteiger partial charge in [-0.15, -0.1) is 16.8 Å². The highest BCUT2D eigenvalue weighted by Gasteiger charge is 2.15. The van der Waals surface area contributed by atoms with Gasteiger partial charge in [-0.25, -0.2) is 0 Å². The summed E-state index contributed by atoms with van der Waals surface area (Å²) in [5.41, 5.74) is 2.29. The highest BCUT2D eigenvalue weighted by atomic mass is 35.5. The fourth-order valence-electron chi connectivity index (χ4n) is 2.73. The number of nitrogens with zero attached hydrogens (tertiary/aromatic N) is 3. The molecule has 0 aliphatic carbocycles. The summed E-state index contributed by atoms with van der Waals surface area (Å²) in [6, 6.07) is 14.3. The molecule has 2 N–H and O–H groups in total. The van der Waals surface area contributed by atoms with Gasteiger partial charge in [0.2, 0.25) is 5.91 Å². The van der Waals surface area contributed by atoms with Crippen molar-refractivity contribution in [2.24, 2.45) is 0 Å². The number of hydrogen-bond acceptors (Lipinski definition) is 5. The summed E-state index contributed by atoms with van der Waals surface area (Å²) in [7, 11) is 0. The molecule has 0 radical (unpaired) electrons. The molecule has 1 aromatic heterocycles. The van der Waals surface area contributed by atoms with Crippen LogP contribution in [0.5, 0.6) is 0 Å². The second-order valence-corrected chi connectivity index (χ2v) is 8.07. The number of aromatic nitrogens is 3. The second kappa shape index (κ2) is 10.8. The number of thioether (sulfide) groups is 1. The van der Waals surface area contributed by atoms with Gasteiger partial charge < -0.3 is 15.2 Å². The van der Waals surface area contributed by atoms with Gasteiger partial charge in [0.1, 0.15) is 0 Å². The Balaban J connectivity index is 1.60. The standard InChI is InChI=1S/C22H22ClN5O2S/c1-3-11-28-19(13-24-21(30)16-9-7-15(2)8-10-16)26-27-22(28)31-14-20(29)25-18-6-4-5-17(23)12-18/h3-10,12H,1,11,13-14H2,2H3,(H,24,30)(H,25,29). The van der Waals surface area contributed by atoms with Crippen molar-refractivity contribution < 1.29 is 9.59 Å². The molecule has 0 aliphatic heterocycles. The molecule has 0 saturated heterocycles. The first-order valence-electron chi connectivity index (χ1n) is 9.52. The summed E-state index contributed by atoms with van der Waals surface area (Å²) >= 11 is 7.20. The quantitative estimate of drug-likeness (QED) is 0.375. The van der Waals surface area contributed by atoms with Gasteiger partial charge in [-0.1, -0.05) is 53.2 Å². The Morgan fingerprint density at radius 2 is 1.97 bits per heavy atom. The molecular formula is C22H22ClN5O2S. The maximum atomic E-state index is 12.4. The van der Waals surface area contributed by atoms with E-state index in [9.17, 15) is 9.59 Å². The minimum Gasteiger partial charge on any atom is -0.345 e. The molecule has 0 saturated carbocycles. The van der Waals surface area contributed by atoms with Crippen LogP contribution in [0.1, 0.15) is 21.7 Å². The van der Waals surface area contributed by atoms with Crippen molar-refractivity contribution in [2.75, 3.05) is 11.1 Å².